The van der Waals surface area contributed by atoms with E-state index >= 15 is 0 Å². The van der Waals surface area contributed by atoms with Gasteiger partial charge in [-0.2, -0.15) is 0 Å². The van der Waals surface area contributed by atoms with Crippen molar-refractivity contribution in [1.29, 1.82) is 0 Å². The van der Waals surface area contributed by atoms with Crippen molar-refractivity contribution in [2.24, 2.45) is 0 Å². The van der Waals surface area contributed by atoms with Crippen LogP contribution in [0.4, 0.5) is 5.69 Å². The van der Waals surface area contributed by atoms with E-state index in [0.717, 1.165) is 12.2 Å². The Labute approximate surface area is 144 Å². The number of thiocarbonyl (C=S) groups is 1. The van der Waals surface area contributed by atoms with Gasteiger partial charge >= 0.3 is 0 Å². The molecule has 0 aliphatic heterocycles. The van der Waals surface area contributed by atoms with Gasteiger partial charge in [0.15, 0.2) is 5.11 Å². The molecule has 1 unspecified atom stereocenters. The molecule has 2 rings (SSSR count). The maximum absolute atomic E-state index is 5.45. The van der Waals surface area contributed by atoms with Crippen molar-refractivity contribution in [1.82, 2.24) is 10.2 Å². The average molecular weight is 327 g/mol. The molecule has 0 aromatic heterocycles. The monoisotopic (exact) mass is 327 g/mol. The molecule has 3 nitrogen and oxygen atoms in total. The van der Waals surface area contributed by atoms with Crippen LogP contribution < -0.4 is 10.6 Å². The highest BCUT2D eigenvalue weighted by atomic mass is 32.1. The second-order valence-corrected chi connectivity index (χ2v) is 6.38. The Morgan fingerprint density at radius 2 is 1.74 bits per heavy atom. The van der Waals surface area contributed by atoms with Crippen LogP contribution in [0, 0.1) is 13.8 Å². The lowest BCUT2D eigenvalue weighted by Gasteiger charge is -2.26. The topological polar surface area (TPSA) is 27.3 Å². The van der Waals surface area contributed by atoms with Crippen LogP contribution in [0.5, 0.6) is 0 Å². The highest BCUT2D eigenvalue weighted by molar-refractivity contribution is 7.80. The summed E-state index contributed by atoms with van der Waals surface area (Å²) in [5.74, 6) is 0. The summed E-state index contributed by atoms with van der Waals surface area (Å²) in [6, 6.07) is 16.9. The number of likely N-dealkylation sites (N-methyl/N-ethyl adjacent to an activating group) is 1. The van der Waals surface area contributed by atoms with E-state index in [1.807, 2.05) is 12.1 Å². The lowest BCUT2D eigenvalue weighted by molar-refractivity contribution is 0.299. The minimum Gasteiger partial charge on any atom is -0.361 e. The molecule has 0 spiro atoms. The molecular weight excluding hydrogens is 302 g/mol. The van der Waals surface area contributed by atoms with Crippen LogP contribution in [0.25, 0.3) is 0 Å². The molecule has 2 N–H and O–H groups in total. The van der Waals surface area contributed by atoms with Crippen molar-refractivity contribution in [2.75, 3.05) is 26.0 Å². The van der Waals surface area contributed by atoms with Gasteiger partial charge in [-0.25, -0.2) is 0 Å². The van der Waals surface area contributed by atoms with E-state index in [2.05, 4.69) is 79.9 Å². The van der Waals surface area contributed by atoms with Crippen LogP contribution in [0.2, 0.25) is 0 Å². The predicted molar refractivity (Wildman–Crippen MR) is 103 cm³/mol. The second-order valence-electron chi connectivity index (χ2n) is 5.97. The summed E-state index contributed by atoms with van der Waals surface area (Å²) < 4.78 is 0. The van der Waals surface area contributed by atoms with E-state index in [4.69, 9.17) is 12.2 Å². The highest BCUT2D eigenvalue weighted by Gasteiger charge is 2.14. The summed E-state index contributed by atoms with van der Waals surface area (Å²) in [4.78, 5) is 2.20. The first kappa shape index (κ1) is 17.4. The van der Waals surface area contributed by atoms with Gasteiger partial charge in [-0.3, -0.25) is 0 Å². The van der Waals surface area contributed by atoms with Gasteiger partial charge in [0.25, 0.3) is 0 Å². The summed E-state index contributed by atoms with van der Waals surface area (Å²) in [6.07, 6.45) is 0. The SMILES string of the molecule is Cc1cccc(NC(=S)NCC(c2ccccc2)N(C)C)c1C. The van der Waals surface area contributed by atoms with Crippen molar-refractivity contribution >= 4 is 23.0 Å². The summed E-state index contributed by atoms with van der Waals surface area (Å²) in [5.41, 5.74) is 4.82. The fourth-order valence-corrected chi connectivity index (χ4v) is 2.71. The number of aryl methyl sites for hydroxylation is 1. The Morgan fingerprint density at radius 1 is 1.04 bits per heavy atom. The molecule has 0 amide bonds. The molecule has 122 valence electrons. The highest BCUT2D eigenvalue weighted by Crippen LogP contribution is 2.19. The summed E-state index contributed by atoms with van der Waals surface area (Å²) in [5, 5.41) is 7.29. The fraction of sp³-hybridized carbons (Fsp3) is 0.316. The first-order valence-electron chi connectivity index (χ1n) is 7.81. The maximum atomic E-state index is 5.45. The Bertz CT molecular complexity index is 653. The Morgan fingerprint density at radius 3 is 2.39 bits per heavy atom. The molecule has 0 saturated heterocycles. The molecule has 0 heterocycles. The molecule has 0 saturated carbocycles. The van der Waals surface area contributed by atoms with E-state index in [1.54, 1.807) is 0 Å². The van der Waals surface area contributed by atoms with Crippen molar-refractivity contribution in [3.63, 3.8) is 0 Å². The number of hydrogen-bond acceptors (Lipinski definition) is 2. The van der Waals surface area contributed by atoms with Crippen LogP contribution in [0.15, 0.2) is 48.5 Å². The average Bonchev–Trinajstić information content (AvgIpc) is 2.53. The summed E-state index contributed by atoms with van der Waals surface area (Å²) in [7, 11) is 4.17. The molecule has 0 fully saturated rings. The van der Waals surface area contributed by atoms with Gasteiger partial charge in [0, 0.05) is 12.2 Å². The van der Waals surface area contributed by atoms with Crippen molar-refractivity contribution in [3.05, 3.63) is 65.2 Å². The van der Waals surface area contributed by atoms with Crippen LogP contribution in [-0.4, -0.2) is 30.7 Å². The number of rotatable bonds is 5. The quantitative estimate of drug-likeness (QED) is 0.815. The summed E-state index contributed by atoms with van der Waals surface area (Å²) in [6.45, 7) is 4.97. The minimum absolute atomic E-state index is 0.273. The Hall–Kier alpha value is -1.91. The zero-order chi connectivity index (χ0) is 16.8. The van der Waals surface area contributed by atoms with Gasteiger partial charge in [-0.05, 0) is 62.9 Å². The molecule has 0 bridgehead atoms. The number of nitrogens with one attached hydrogen (secondary N) is 2. The number of anilines is 1. The van der Waals surface area contributed by atoms with Gasteiger partial charge in [-0.15, -0.1) is 0 Å². The van der Waals surface area contributed by atoms with Gasteiger partial charge in [0.05, 0.1) is 6.04 Å². The smallest absolute Gasteiger partial charge is 0.170 e. The van der Waals surface area contributed by atoms with Crippen LogP contribution >= 0.6 is 12.2 Å². The number of benzene rings is 2. The molecular formula is C19H25N3S. The molecule has 2 aromatic rings. The van der Waals surface area contributed by atoms with Gasteiger partial charge in [0.1, 0.15) is 0 Å². The molecule has 0 radical (unpaired) electrons. The zero-order valence-electron chi connectivity index (χ0n) is 14.3. The van der Waals surface area contributed by atoms with E-state index in [9.17, 15) is 0 Å². The largest absolute Gasteiger partial charge is 0.361 e. The Balaban J connectivity index is 1.98. The van der Waals surface area contributed by atoms with Crippen molar-refractivity contribution < 1.29 is 0 Å². The van der Waals surface area contributed by atoms with Crippen molar-refractivity contribution in [3.8, 4) is 0 Å². The lowest BCUT2D eigenvalue weighted by Crippen LogP contribution is -2.36. The molecule has 4 heteroatoms. The third kappa shape index (κ3) is 4.78. The fourth-order valence-electron chi connectivity index (χ4n) is 2.52. The normalized spacial score (nSPS) is 12.0. The van der Waals surface area contributed by atoms with Gasteiger partial charge < -0.3 is 15.5 Å². The van der Waals surface area contributed by atoms with Crippen LogP contribution in [0.3, 0.4) is 0 Å². The number of nitrogens with zero attached hydrogens (tertiary/aromatic N) is 1. The van der Waals surface area contributed by atoms with E-state index in [-0.39, 0.29) is 6.04 Å². The molecule has 2 aromatic carbocycles. The lowest BCUT2D eigenvalue weighted by atomic mass is 10.1. The zero-order valence-corrected chi connectivity index (χ0v) is 15.1. The molecule has 0 aliphatic carbocycles. The third-order valence-corrected chi connectivity index (χ3v) is 4.36. The molecule has 23 heavy (non-hydrogen) atoms. The first-order valence-corrected chi connectivity index (χ1v) is 8.22. The van der Waals surface area contributed by atoms with E-state index in [1.165, 1.54) is 16.7 Å². The predicted octanol–water partition coefficient (Wildman–Crippen LogP) is 3.89. The van der Waals surface area contributed by atoms with Gasteiger partial charge in [-0.1, -0.05) is 42.5 Å². The first-order chi connectivity index (χ1) is 11.0. The van der Waals surface area contributed by atoms with Gasteiger partial charge in [0.2, 0.25) is 0 Å². The molecule has 0 aliphatic rings. The Kier molecular flexibility index (Phi) is 6.13. The van der Waals surface area contributed by atoms with Crippen LogP contribution in [-0.2, 0) is 0 Å². The minimum atomic E-state index is 0.273. The van der Waals surface area contributed by atoms with E-state index < -0.39 is 0 Å². The van der Waals surface area contributed by atoms with E-state index in [0.29, 0.717) is 5.11 Å². The maximum Gasteiger partial charge on any atom is 0.170 e. The third-order valence-electron chi connectivity index (χ3n) is 4.12. The molecule has 1 atom stereocenters. The number of hydrogen-bond donors (Lipinski definition) is 2. The van der Waals surface area contributed by atoms with Crippen molar-refractivity contribution in [2.45, 2.75) is 19.9 Å². The second kappa shape index (κ2) is 8.09. The summed E-state index contributed by atoms with van der Waals surface area (Å²) >= 11 is 5.45. The standard InChI is InChI=1S/C19H25N3S/c1-14-9-8-12-17(15(14)2)21-19(23)20-13-18(22(3)4)16-10-6-5-7-11-16/h5-12,18H,13H2,1-4H3,(H2,20,21,23). The van der Waals surface area contributed by atoms with Crippen LogP contribution in [0.1, 0.15) is 22.7 Å².